The minimum atomic E-state index is -0.251. The van der Waals surface area contributed by atoms with Crippen molar-refractivity contribution >= 4 is 11.5 Å². The van der Waals surface area contributed by atoms with Crippen LogP contribution in [0.3, 0.4) is 0 Å². The highest BCUT2D eigenvalue weighted by Crippen LogP contribution is 2.32. The predicted molar refractivity (Wildman–Crippen MR) is 61.4 cm³/mol. The van der Waals surface area contributed by atoms with E-state index in [1.54, 1.807) is 0 Å². The lowest BCUT2D eigenvalue weighted by molar-refractivity contribution is 0.577. The maximum absolute atomic E-state index is 11.4. The van der Waals surface area contributed by atoms with Crippen molar-refractivity contribution in [3.8, 4) is 0 Å². The number of aromatic nitrogens is 2. The minimum Gasteiger partial charge on any atom is -0.391 e. The summed E-state index contributed by atoms with van der Waals surface area (Å²) in [5, 5.41) is 3.36. The molecule has 0 bridgehead atoms. The summed E-state index contributed by atoms with van der Waals surface area (Å²) in [6.45, 7) is 2.96. The van der Waals surface area contributed by atoms with Crippen molar-refractivity contribution in [1.29, 1.82) is 0 Å². The Bertz CT molecular complexity index is 457. The number of aromatic amines is 1. The van der Waals surface area contributed by atoms with Crippen LogP contribution in [0, 0.1) is 5.92 Å². The first-order valence-corrected chi connectivity index (χ1v) is 5.58. The van der Waals surface area contributed by atoms with Gasteiger partial charge in [0.25, 0.3) is 5.56 Å². The molecule has 2 fully saturated rings. The molecule has 6 nitrogen and oxygen atoms in total. The lowest BCUT2D eigenvalue weighted by Gasteiger charge is -2.24. The Morgan fingerprint density at radius 2 is 2.38 bits per heavy atom. The number of fused-ring (bicyclic) bond motifs is 1. The number of hydrogen-bond donors (Lipinski definition) is 3. The molecule has 3 heterocycles. The topological polar surface area (TPSA) is 87.0 Å². The third-order valence-electron chi connectivity index (χ3n) is 3.59. The predicted octanol–water partition coefficient (Wildman–Crippen LogP) is -0.850. The van der Waals surface area contributed by atoms with Crippen LogP contribution in [-0.2, 0) is 0 Å². The quantitative estimate of drug-likeness (QED) is 0.575. The molecule has 2 atom stereocenters. The number of H-pyrrole nitrogens is 1. The number of nitrogens with zero attached hydrogens (tertiary/aromatic N) is 2. The van der Waals surface area contributed by atoms with Gasteiger partial charge in [-0.1, -0.05) is 0 Å². The molecule has 2 saturated heterocycles. The Balaban J connectivity index is 1.98. The molecule has 2 aliphatic heterocycles. The van der Waals surface area contributed by atoms with Crippen LogP contribution in [0.25, 0.3) is 0 Å². The Labute approximate surface area is 92.9 Å². The third kappa shape index (κ3) is 1.30. The highest BCUT2D eigenvalue weighted by Gasteiger charge is 2.38. The molecule has 0 spiro atoms. The number of anilines is 2. The lowest BCUT2D eigenvalue weighted by atomic mass is 10.1. The second kappa shape index (κ2) is 3.48. The number of rotatable bonds is 1. The third-order valence-corrected chi connectivity index (χ3v) is 3.59. The van der Waals surface area contributed by atoms with Crippen molar-refractivity contribution in [3.63, 3.8) is 0 Å². The molecule has 86 valence electrons. The van der Waals surface area contributed by atoms with Crippen LogP contribution in [0.5, 0.6) is 0 Å². The second-order valence-electron chi connectivity index (χ2n) is 4.44. The maximum atomic E-state index is 11.4. The molecule has 0 radical (unpaired) electrons. The zero-order valence-electron chi connectivity index (χ0n) is 8.94. The summed E-state index contributed by atoms with van der Waals surface area (Å²) in [4.78, 5) is 20.3. The van der Waals surface area contributed by atoms with Crippen molar-refractivity contribution in [3.05, 3.63) is 16.7 Å². The van der Waals surface area contributed by atoms with Gasteiger partial charge < -0.3 is 20.9 Å². The van der Waals surface area contributed by atoms with Crippen molar-refractivity contribution in [2.75, 3.05) is 30.3 Å². The minimum absolute atomic E-state index is 0.232. The molecule has 0 aliphatic carbocycles. The van der Waals surface area contributed by atoms with Crippen molar-refractivity contribution in [1.82, 2.24) is 15.3 Å². The van der Waals surface area contributed by atoms with E-state index in [0.29, 0.717) is 17.8 Å². The van der Waals surface area contributed by atoms with Gasteiger partial charge in [-0.15, -0.1) is 0 Å². The SMILES string of the molecule is Nc1c(N2CC[C@H]3CNC[C@H]32)nc[nH]c1=O. The zero-order valence-corrected chi connectivity index (χ0v) is 8.94. The molecule has 2 aliphatic rings. The van der Waals surface area contributed by atoms with Gasteiger partial charge in [0.1, 0.15) is 5.69 Å². The molecule has 1 aromatic heterocycles. The van der Waals surface area contributed by atoms with E-state index in [9.17, 15) is 4.79 Å². The van der Waals surface area contributed by atoms with Crippen LogP contribution in [0.1, 0.15) is 6.42 Å². The normalized spacial score (nSPS) is 28.4. The van der Waals surface area contributed by atoms with Gasteiger partial charge >= 0.3 is 0 Å². The van der Waals surface area contributed by atoms with E-state index in [1.165, 1.54) is 6.33 Å². The summed E-state index contributed by atoms with van der Waals surface area (Å²) in [7, 11) is 0. The van der Waals surface area contributed by atoms with E-state index in [2.05, 4.69) is 20.2 Å². The molecule has 16 heavy (non-hydrogen) atoms. The smallest absolute Gasteiger partial charge is 0.276 e. The van der Waals surface area contributed by atoms with Crippen molar-refractivity contribution < 1.29 is 0 Å². The Hall–Kier alpha value is -1.56. The molecule has 1 aromatic rings. The summed E-state index contributed by atoms with van der Waals surface area (Å²) >= 11 is 0. The molecule has 4 N–H and O–H groups in total. The number of nitrogens with one attached hydrogen (secondary N) is 2. The number of nitrogens with two attached hydrogens (primary N) is 1. The monoisotopic (exact) mass is 221 g/mol. The molecule has 3 rings (SSSR count). The van der Waals surface area contributed by atoms with Gasteiger partial charge in [0.15, 0.2) is 5.82 Å². The molecule has 6 heteroatoms. The fraction of sp³-hybridized carbons (Fsp3) is 0.600. The molecule has 0 unspecified atom stereocenters. The van der Waals surface area contributed by atoms with E-state index in [-0.39, 0.29) is 11.2 Å². The van der Waals surface area contributed by atoms with E-state index < -0.39 is 0 Å². The van der Waals surface area contributed by atoms with Gasteiger partial charge in [-0.2, -0.15) is 0 Å². The van der Waals surface area contributed by atoms with Crippen LogP contribution in [0.15, 0.2) is 11.1 Å². The first-order valence-electron chi connectivity index (χ1n) is 5.58. The van der Waals surface area contributed by atoms with Crippen LogP contribution >= 0.6 is 0 Å². The Kier molecular flexibility index (Phi) is 2.10. The maximum Gasteiger partial charge on any atom is 0.276 e. The van der Waals surface area contributed by atoms with E-state index in [1.807, 2.05) is 0 Å². The molecular formula is C10H15N5O. The average Bonchev–Trinajstić information content (AvgIpc) is 2.84. The fourth-order valence-corrected chi connectivity index (χ4v) is 2.74. The Morgan fingerprint density at radius 3 is 3.25 bits per heavy atom. The lowest BCUT2D eigenvalue weighted by Crippen LogP contribution is -2.36. The molecule has 0 amide bonds. The van der Waals surface area contributed by atoms with E-state index in [4.69, 9.17) is 5.73 Å². The summed E-state index contributed by atoms with van der Waals surface area (Å²) in [5.41, 5.74) is 5.76. The van der Waals surface area contributed by atoms with Gasteiger partial charge in [0.05, 0.1) is 6.33 Å². The highest BCUT2D eigenvalue weighted by molar-refractivity contribution is 5.62. The van der Waals surface area contributed by atoms with Gasteiger partial charge in [0.2, 0.25) is 0 Å². The van der Waals surface area contributed by atoms with Crippen molar-refractivity contribution in [2.24, 2.45) is 5.92 Å². The van der Waals surface area contributed by atoms with Crippen molar-refractivity contribution in [2.45, 2.75) is 12.5 Å². The first kappa shape index (κ1) is 9.65. The highest BCUT2D eigenvalue weighted by atomic mass is 16.1. The summed E-state index contributed by atoms with van der Waals surface area (Å²) in [6, 6.07) is 0.441. The fourth-order valence-electron chi connectivity index (χ4n) is 2.74. The summed E-state index contributed by atoms with van der Waals surface area (Å²) in [6.07, 6.45) is 2.56. The molecule has 0 saturated carbocycles. The van der Waals surface area contributed by atoms with E-state index >= 15 is 0 Å². The van der Waals surface area contributed by atoms with Crippen LogP contribution in [0.2, 0.25) is 0 Å². The number of hydrogen-bond acceptors (Lipinski definition) is 5. The van der Waals surface area contributed by atoms with Gasteiger partial charge in [-0.3, -0.25) is 4.79 Å². The van der Waals surface area contributed by atoms with Gasteiger partial charge in [-0.05, 0) is 12.3 Å². The largest absolute Gasteiger partial charge is 0.391 e. The molecular weight excluding hydrogens is 206 g/mol. The number of nitrogen functional groups attached to an aromatic ring is 1. The van der Waals surface area contributed by atoms with Gasteiger partial charge in [-0.25, -0.2) is 4.98 Å². The summed E-state index contributed by atoms with van der Waals surface area (Å²) < 4.78 is 0. The van der Waals surface area contributed by atoms with Crippen LogP contribution in [0.4, 0.5) is 11.5 Å². The van der Waals surface area contributed by atoms with E-state index in [0.717, 1.165) is 26.1 Å². The van der Waals surface area contributed by atoms with Crippen LogP contribution in [-0.4, -0.2) is 35.6 Å². The Morgan fingerprint density at radius 1 is 1.50 bits per heavy atom. The standard InChI is InChI=1S/C10H15N5O/c11-8-9(13-5-14-10(8)16)15-2-1-6-3-12-4-7(6)15/h5-7,12H,1-4,11H2,(H,13,14,16)/t6-,7+/m0/s1. The average molecular weight is 221 g/mol. The second-order valence-corrected chi connectivity index (χ2v) is 4.44. The van der Waals surface area contributed by atoms with Crippen LogP contribution < -0.4 is 21.5 Å². The summed E-state index contributed by atoms with van der Waals surface area (Å²) in [5.74, 6) is 1.31. The molecule has 0 aromatic carbocycles. The van der Waals surface area contributed by atoms with Gasteiger partial charge in [0, 0.05) is 25.7 Å². The first-order chi connectivity index (χ1) is 7.77. The zero-order chi connectivity index (χ0) is 11.1.